The zero-order chi connectivity index (χ0) is 13.3. The van der Waals surface area contributed by atoms with Crippen LogP contribution in [0, 0.1) is 18.7 Å². The molecule has 0 saturated carbocycles. The predicted molar refractivity (Wildman–Crippen MR) is 77.7 cm³/mol. The van der Waals surface area contributed by atoms with Crippen LogP contribution in [0.25, 0.3) is 0 Å². The maximum atomic E-state index is 13.7. The Morgan fingerprint density at radius 1 is 1.44 bits per heavy atom. The summed E-state index contributed by atoms with van der Waals surface area (Å²) in [4.78, 5) is 2.28. The largest absolute Gasteiger partial charge is 0.368 e. The Bertz CT molecular complexity index is 434. The predicted octanol–water partition coefficient (Wildman–Crippen LogP) is 3.33. The summed E-state index contributed by atoms with van der Waals surface area (Å²) in [5, 5.41) is 3.52. The molecule has 0 aromatic heterocycles. The molecule has 1 aliphatic heterocycles. The quantitative estimate of drug-likeness (QED) is 0.900. The van der Waals surface area contributed by atoms with Crippen molar-refractivity contribution < 1.29 is 4.39 Å². The topological polar surface area (TPSA) is 15.3 Å². The Labute approximate surface area is 117 Å². The minimum Gasteiger partial charge on any atom is -0.368 e. The smallest absolute Gasteiger partial charge is 0.139 e. The molecule has 0 spiro atoms. The van der Waals surface area contributed by atoms with E-state index in [1.807, 2.05) is 13.0 Å². The van der Waals surface area contributed by atoms with Crippen LogP contribution in [-0.4, -0.2) is 25.7 Å². The van der Waals surface area contributed by atoms with Crippen molar-refractivity contribution in [1.82, 2.24) is 5.32 Å². The summed E-state index contributed by atoms with van der Waals surface area (Å²) in [6, 6.07) is 3.98. The highest BCUT2D eigenvalue weighted by molar-refractivity contribution is 9.10. The van der Waals surface area contributed by atoms with E-state index in [4.69, 9.17) is 0 Å². The molecule has 1 N–H and O–H groups in total. The van der Waals surface area contributed by atoms with Gasteiger partial charge in [0, 0.05) is 31.4 Å². The third kappa shape index (κ3) is 2.86. The zero-order valence-electron chi connectivity index (χ0n) is 11.1. The van der Waals surface area contributed by atoms with Crippen LogP contribution in [0.1, 0.15) is 19.4 Å². The molecule has 0 radical (unpaired) electrons. The van der Waals surface area contributed by atoms with E-state index in [0.717, 1.165) is 30.9 Å². The second-order valence-corrected chi connectivity index (χ2v) is 6.16. The van der Waals surface area contributed by atoms with Crippen molar-refractivity contribution in [3.63, 3.8) is 0 Å². The minimum atomic E-state index is -0.185. The highest BCUT2D eigenvalue weighted by atomic mass is 79.9. The van der Waals surface area contributed by atoms with Crippen LogP contribution >= 0.6 is 15.9 Å². The van der Waals surface area contributed by atoms with Crippen molar-refractivity contribution in [1.29, 1.82) is 0 Å². The normalized spacial score (nSPS) is 20.6. The summed E-state index contributed by atoms with van der Waals surface area (Å²) in [6.07, 6.45) is 0. The van der Waals surface area contributed by atoms with E-state index < -0.39 is 0 Å². The molecule has 1 aliphatic rings. The van der Waals surface area contributed by atoms with Gasteiger partial charge in [0.15, 0.2) is 0 Å². The van der Waals surface area contributed by atoms with Crippen molar-refractivity contribution in [2.24, 2.45) is 5.92 Å². The molecule has 0 aliphatic carbocycles. The van der Waals surface area contributed by atoms with Gasteiger partial charge in [-0.15, -0.1) is 0 Å². The fraction of sp³-hybridized carbons (Fsp3) is 0.571. The van der Waals surface area contributed by atoms with Crippen LogP contribution in [0.4, 0.5) is 10.1 Å². The van der Waals surface area contributed by atoms with Gasteiger partial charge < -0.3 is 10.2 Å². The standard InChI is InChI=1S/C14H20BrFN2/c1-9(2)13-8-18(5-4-17-13)14-7-12(16)11(15)6-10(14)3/h6-7,9,13,17H,4-5,8H2,1-3H3. The minimum absolute atomic E-state index is 0.185. The molecule has 100 valence electrons. The summed E-state index contributed by atoms with van der Waals surface area (Å²) in [5.41, 5.74) is 2.13. The van der Waals surface area contributed by atoms with E-state index in [-0.39, 0.29) is 5.82 Å². The maximum Gasteiger partial charge on any atom is 0.139 e. The van der Waals surface area contributed by atoms with Gasteiger partial charge in [-0.2, -0.15) is 0 Å². The van der Waals surface area contributed by atoms with Crippen LogP contribution in [0.3, 0.4) is 0 Å². The van der Waals surface area contributed by atoms with Crippen LogP contribution in [-0.2, 0) is 0 Å². The number of hydrogen-bond acceptors (Lipinski definition) is 2. The molecular weight excluding hydrogens is 295 g/mol. The molecular formula is C14H20BrFN2. The second-order valence-electron chi connectivity index (χ2n) is 5.30. The molecule has 2 nitrogen and oxygen atoms in total. The molecule has 1 heterocycles. The number of nitrogens with one attached hydrogen (secondary N) is 1. The number of aryl methyl sites for hydroxylation is 1. The van der Waals surface area contributed by atoms with Gasteiger partial charge in [0.25, 0.3) is 0 Å². The molecule has 4 heteroatoms. The van der Waals surface area contributed by atoms with Gasteiger partial charge in [0.2, 0.25) is 0 Å². The fourth-order valence-corrected chi connectivity index (χ4v) is 2.88. The molecule has 0 amide bonds. The molecule has 1 aromatic rings. The van der Waals surface area contributed by atoms with Gasteiger partial charge in [-0.25, -0.2) is 4.39 Å². The van der Waals surface area contributed by atoms with E-state index in [9.17, 15) is 4.39 Å². The third-order valence-electron chi connectivity index (χ3n) is 3.59. The number of benzene rings is 1. The summed E-state index contributed by atoms with van der Waals surface area (Å²) in [5.74, 6) is 0.406. The van der Waals surface area contributed by atoms with Crippen LogP contribution in [0.15, 0.2) is 16.6 Å². The SMILES string of the molecule is Cc1cc(Br)c(F)cc1N1CCNC(C(C)C)C1. The summed E-state index contributed by atoms with van der Waals surface area (Å²) in [7, 11) is 0. The third-order valence-corrected chi connectivity index (χ3v) is 4.20. The molecule has 18 heavy (non-hydrogen) atoms. The molecule has 1 saturated heterocycles. The summed E-state index contributed by atoms with van der Waals surface area (Å²) < 4.78 is 14.2. The lowest BCUT2D eigenvalue weighted by Crippen LogP contribution is -2.53. The van der Waals surface area contributed by atoms with Gasteiger partial charge in [-0.1, -0.05) is 13.8 Å². The fourth-order valence-electron chi connectivity index (χ4n) is 2.42. The lowest BCUT2D eigenvalue weighted by Gasteiger charge is -2.38. The van der Waals surface area contributed by atoms with Crippen molar-refractivity contribution in [3.05, 3.63) is 28.0 Å². The lowest BCUT2D eigenvalue weighted by molar-refractivity contribution is 0.368. The van der Waals surface area contributed by atoms with E-state index >= 15 is 0 Å². The summed E-state index contributed by atoms with van der Waals surface area (Å²) >= 11 is 3.23. The van der Waals surface area contributed by atoms with Crippen LogP contribution in [0.2, 0.25) is 0 Å². The monoisotopic (exact) mass is 314 g/mol. The van der Waals surface area contributed by atoms with E-state index in [1.54, 1.807) is 6.07 Å². The molecule has 1 fully saturated rings. The van der Waals surface area contributed by atoms with Crippen LogP contribution in [0.5, 0.6) is 0 Å². The Morgan fingerprint density at radius 3 is 2.83 bits per heavy atom. The van der Waals surface area contributed by atoms with Gasteiger partial charge in [-0.05, 0) is 46.5 Å². The highest BCUT2D eigenvalue weighted by Gasteiger charge is 2.23. The zero-order valence-corrected chi connectivity index (χ0v) is 12.7. The van der Waals surface area contributed by atoms with Gasteiger partial charge in [-0.3, -0.25) is 0 Å². The lowest BCUT2D eigenvalue weighted by atomic mass is 10.0. The number of piperazine rings is 1. The van der Waals surface area contributed by atoms with Gasteiger partial charge in [0.1, 0.15) is 5.82 Å². The van der Waals surface area contributed by atoms with Gasteiger partial charge in [0.05, 0.1) is 4.47 Å². The van der Waals surface area contributed by atoms with Crippen molar-refractivity contribution in [2.45, 2.75) is 26.8 Å². The Morgan fingerprint density at radius 2 is 2.17 bits per heavy atom. The molecule has 1 atom stereocenters. The van der Waals surface area contributed by atoms with E-state index in [1.165, 1.54) is 0 Å². The average molecular weight is 315 g/mol. The molecule has 1 unspecified atom stereocenters. The summed E-state index contributed by atoms with van der Waals surface area (Å²) in [6.45, 7) is 9.31. The Kier molecular flexibility index (Phi) is 4.28. The van der Waals surface area contributed by atoms with Crippen molar-refractivity contribution >= 4 is 21.6 Å². The number of anilines is 1. The first-order valence-electron chi connectivity index (χ1n) is 6.43. The van der Waals surface area contributed by atoms with Crippen molar-refractivity contribution in [2.75, 3.05) is 24.5 Å². The van der Waals surface area contributed by atoms with Crippen molar-refractivity contribution in [3.8, 4) is 0 Å². The number of halogens is 2. The average Bonchev–Trinajstić information content (AvgIpc) is 2.34. The first-order valence-corrected chi connectivity index (χ1v) is 7.22. The van der Waals surface area contributed by atoms with E-state index in [2.05, 4.69) is 40.0 Å². The van der Waals surface area contributed by atoms with Gasteiger partial charge >= 0.3 is 0 Å². The molecule has 2 rings (SSSR count). The second kappa shape index (κ2) is 5.57. The van der Waals surface area contributed by atoms with E-state index in [0.29, 0.717) is 16.4 Å². The first kappa shape index (κ1) is 13.8. The Balaban J connectivity index is 2.23. The maximum absolute atomic E-state index is 13.7. The van der Waals surface area contributed by atoms with Crippen LogP contribution < -0.4 is 10.2 Å². The molecule has 0 bridgehead atoms. The number of rotatable bonds is 2. The number of nitrogens with zero attached hydrogens (tertiary/aromatic N) is 1. The first-order chi connectivity index (χ1) is 8.49. The Hall–Kier alpha value is -0.610. The number of hydrogen-bond donors (Lipinski definition) is 1. The highest BCUT2D eigenvalue weighted by Crippen LogP contribution is 2.28. The molecule has 1 aromatic carbocycles.